The highest BCUT2D eigenvalue weighted by molar-refractivity contribution is 6.00. The molecule has 0 unspecified atom stereocenters. The molecule has 9 N–H and O–H groups in total. The Morgan fingerprint density at radius 1 is 0.507 bits per heavy atom. The predicted molar refractivity (Wildman–Crippen MR) is 275 cm³/mol. The molecule has 360 valence electrons. The summed E-state index contributed by atoms with van der Waals surface area (Å²) in [4.78, 5) is 57.7. The van der Waals surface area contributed by atoms with Gasteiger partial charge in [0.05, 0.1) is 0 Å². The Morgan fingerprint density at radius 2 is 0.955 bits per heavy atom. The van der Waals surface area contributed by atoms with E-state index in [1.165, 1.54) is 29.2 Å². The largest absolute Gasteiger partial charge is 0.352 e. The third-order valence-corrected chi connectivity index (χ3v) is 9.54. The van der Waals surface area contributed by atoms with Gasteiger partial charge in [-0.3, -0.25) is 24.0 Å². The van der Waals surface area contributed by atoms with Gasteiger partial charge in [0, 0.05) is 90.9 Å². The minimum absolute atomic E-state index is 0.0838. The number of benzene rings is 4. The van der Waals surface area contributed by atoms with Crippen LogP contribution in [0, 0.1) is 35.5 Å². The van der Waals surface area contributed by atoms with Crippen molar-refractivity contribution in [2.45, 2.75) is 114 Å². The first-order chi connectivity index (χ1) is 31.7. The second kappa shape index (κ2) is 32.3. The zero-order valence-electron chi connectivity index (χ0n) is 41.8. The summed E-state index contributed by atoms with van der Waals surface area (Å²) in [6, 6.07) is 26.3. The van der Waals surface area contributed by atoms with Crippen molar-refractivity contribution >= 4 is 29.3 Å². The van der Waals surface area contributed by atoms with E-state index in [1.807, 2.05) is 69.3 Å². The van der Waals surface area contributed by atoms with E-state index in [2.05, 4.69) is 99.4 Å². The van der Waals surface area contributed by atoms with Crippen LogP contribution in [0.5, 0.6) is 0 Å². The van der Waals surface area contributed by atoms with Crippen molar-refractivity contribution in [1.29, 1.82) is 0 Å². The summed E-state index contributed by atoms with van der Waals surface area (Å²) in [5.41, 5.74) is 25.3. The van der Waals surface area contributed by atoms with E-state index in [0.717, 1.165) is 17.5 Å². The van der Waals surface area contributed by atoms with E-state index in [1.54, 1.807) is 25.1 Å². The molecule has 0 aromatic heterocycles. The summed E-state index contributed by atoms with van der Waals surface area (Å²) in [5, 5.41) is 8.24. The standard InChI is InChI=1S/C18H25N3O2.C14H19NO2.C13H14O.C11H18N2/c1-4-8-20-17(22)15-10-14(6-5-13(2)3)11-16(12-15)18(23)21-9-7-19;1-10(2)12-4-6-13(7-5-12)14(17)15-9-8-11(3)16;1-10(2)4-5-12-6-8-13(9-7-12)11(3)14;1-8(2)11-4-9(6-12)3-10(5-11)7-13/h10-13H,4,7-9,19H2,1-3H3,(H,20,22)(H,21,23);4-7,10H,8-9H2,1-3H3,(H,15,17);6-10H,1-3H3;3-5,8H,6-7,12-13H2,1-2H3. The minimum atomic E-state index is -0.256. The second-order valence-corrected chi connectivity index (χ2v) is 17.2. The fourth-order valence-electron chi connectivity index (χ4n) is 5.67. The Balaban J connectivity index is 0.000000458. The molecule has 0 aliphatic heterocycles. The molecule has 0 saturated carbocycles. The van der Waals surface area contributed by atoms with Crippen LogP contribution in [0.2, 0.25) is 0 Å². The molecule has 0 heterocycles. The van der Waals surface area contributed by atoms with Gasteiger partial charge in [-0.1, -0.05) is 128 Å². The van der Waals surface area contributed by atoms with E-state index in [9.17, 15) is 24.0 Å². The van der Waals surface area contributed by atoms with Crippen LogP contribution in [-0.4, -0.2) is 55.5 Å². The van der Waals surface area contributed by atoms with Crippen molar-refractivity contribution in [3.05, 3.63) is 141 Å². The normalized spacial score (nSPS) is 10.1. The number of hydrogen-bond donors (Lipinski definition) is 6. The van der Waals surface area contributed by atoms with Gasteiger partial charge in [-0.15, -0.1) is 0 Å². The number of hydrogen-bond acceptors (Lipinski definition) is 8. The molecule has 4 aromatic rings. The zero-order chi connectivity index (χ0) is 50.5. The van der Waals surface area contributed by atoms with Crippen molar-refractivity contribution < 1.29 is 24.0 Å². The number of carbonyl (C=O) groups excluding carboxylic acids is 5. The monoisotopic (exact) mass is 913 g/mol. The van der Waals surface area contributed by atoms with Crippen molar-refractivity contribution in [2.24, 2.45) is 29.0 Å². The lowest BCUT2D eigenvalue weighted by atomic mass is 9.98. The van der Waals surface area contributed by atoms with E-state index < -0.39 is 0 Å². The van der Waals surface area contributed by atoms with Crippen LogP contribution < -0.4 is 33.2 Å². The molecule has 0 spiro atoms. The Labute approximate surface area is 401 Å². The molecule has 3 amide bonds. The number of rotatable bonds is 15. The second-order valence-electron chi connectivity index (χ2n) is 17.2. The van der Waals surface area contributed by atoms with Gasteiger partial charge in [0.15, 0.2) is 5.78 Å². The topological polar surface area (TPSA) is 200 Å². The predicted octanol–water partition coefficient (Wildman–Crippen LogP) is 8.67. The molecule has 0 aliphatic rings. The molecule has 0 bridgehead atoms. The Morgan fingerprint density at radius 3 is 1.37 bits per heavy atom. The maximum Gasteiger partial charge on any atom is 0.251 e. The lowest BCUT2D eigenvalue weighted by Crippen LogP contribution is -2.29. The smallest absolute Gasteiger partial charge is 0.251 e. The molecule has 4 aromatic carbocycles. The van der Waals surface area contributed by atoms with Crippen LogP contribution in [0.15, 0.2) is 84.9 Å². The molecule has 4 rings (SSSR count). The molecule has 67 heavy (non-hydrogen) atoms. The lowest BCUT2D eigenvalue weighted by molar-refractivity contribution is -0.116. The van der Waals surface area contributed by atoms with Crippen LogP contribution in [0.3, 0.4) is 0 Å². The van der Waals surface area contributed by atoms with Gasteiger partial charge in [0.25, 0.3) is 17.7 Å². The number of nitrogens with one attached hydrogen (secondary N) is 3. The fraction of sp³-hybridized carbons (Fsp3) is 0.411. The zero-order valence-corrected chi connectivity index (χ0v) is 41.8. The molecule has 11 nitrogen and oxygen atoms in total. The van der Waals surface area contributed by atoms with Gasteiger partial charge in [0.2, 0.25) is 0 Å². The summed E-state index contributed by atoms with van der Waals surface area (Å²) >= 11 is 0. The molecule has 11 heteroatoms. The molecule has 0 saturated heterocycles. The summed E-state index contributed by atoms with van der Waals surface area (Å²) < 4.78 is 0. The lowest BCUT2D eigenvalue weighted by Gasteiger charge is -2.10. The molecular formula is C56H76N6O5. The van der Waals surface area contributed by atoms with E-state index in [-0.39, 0.29) is 35.2 Å². The summed E-state index contributed by atoms with van der Waals surface area (Å²) in [5.74, 6) is 13.4. The summed E-state index contributed by atoms with van der Waals surface area (Å²) in [6.07, 6.45) is 1.23. The first-order valence-electron chi connectivity index (χ1n) is 23.2. The maximum absolute atomic E-state index is 12.2. The molecule has 0 radical (unpaired) electrons. The first-order valence-corrected chi connectivity index (χ1v) is 23.2. The van der Waals surface area contributed by atoms with E-state index in [4.69, 9.17) is 17.2 Å². The van der Waals surface area contributed by atoms with Gasteiger partial charge >= 0.3 is 0 Å². The number of ketones is 2. The van der Waals surface area contributed by atoms with Crippen LogP contribution in [0.25, 0.3) is 0 Å². The number of amides is 3. The highest BCUT2D eigenvalue weighted by atomic mass is 16.2. The SMILES string of the molecule is CC(=O)CCNC(=O)c1ccc(C(C)C)cc1.CC(=O)c1ccc(C#CC(C)C)cc1.CC(C)c1cc(CN)cc(CN)c1.CCCNC(=O)c1cc(C#CC(C)C)cc(C(=O)NCCN)c1. The summed E-state index contributed by atoms with van der Waals surface area (Å²) in [6.45, 7) is 24.6. The molecule has 0 aliphatic carbocycles. The van der Waals surface area contributed by atoms with Crippen molar-refractivity contribution in [3.8, 4) is 23.7 Å². The van der Waals surface area contributed by atoms with E-state index in [0.29, 0.717) is 85.7 Å². The Hall–Kier alpha value is -6.37. The van der Waals surface area contributed by atoms with Crippen LogP contribution in [0.1, 0.15) is 176 Å². The van der Waals surface area contributed by atoms with Crippen LogP contribution >= 0.6 is 0 Å². The number of Topliss-reactive ketones (excluding diaryl/α,β-unsaturated/α-hetero) is 2. The third-order valence-electron chi connectivity index (χ3n) is 9.54. The van der Waals surface area contributed by atoms with E-state index >= 15 is 0 Å². The minimum Gasteiger partial charge on any atom is -0.352 e. The Bertz CT molecular complexity index is 2250. The van der Waals surface area contributed by atoms with Gasteiger partial charge < -0.3 is 33.2 Å². The molecule has 0 fully saturated rings. The average molecular weight is 913 g/mol. The molecular weight excluding hydrogens is 837 g/mol. The fourth-order valence-corrected chi connectivity index (χ4v) is 5.67. The van der Waals surface area contributed by atoms with Crippen LogP contribution in [-0.2, 0) is 17.9 Å². The van der Waals surface area contributed by atoms with Gasteiger partial charge in [-0.25, -0.2) is 0 Å². The van der Waals surface area contributed by atoms with Crippen molar-refractivity contribution in [2.75, 3.05) is 26.2 Å². The van der Waals surface area contributed by atoms with Gasteiger partial charge in [-0.05, 0) is 96.8 Å². The first kappa shape index (κ1) is 58.6. The van der Waals surface area contributed by atoms with Gasteiger partial charge in [-0.2, -0.15) is 0 Å². The average Bonchev–Trinajstić information content (AvgIpc) is 3.31. The maximum atomic E-state index is 12.2. The quantitative estimate of drug-likeness (QED) is 0.0503. The Kier molecular flexibility index (Phi) is 28.3. The number of nitrogens with two attached hydrogens (primary N) is 3. The highest BCUT2D eigenvalue weighted by Gasteiger charge is 2.13. The number of carbonyl (C=O) groups is 5. The van der Waals surface area contributed by atoms with Crippen molar-refractivity contribution in [3.63, 3.8) is 0 Å². The summed E-state index contributed by atoms with van der Waals surface area (Å²) in [7, 11) is 0. The third kappa shape index (κ3) is 24.7. The molecule has 0 atom stereocenters. The highest BCUT2D eigenvalue weighted by Crippen LogP contribution is 2.18. The van der Waals surface area contributed by atoms with Crippen LogP contribution in [0.4, 0.5) is 0 Å². The van der Waals surface area contributed by atoms with Gasteiger partial charge in [0.1, 0.15) is 5.78 Å². The van der Waals surface area contributed by atoms with Crippen molar-refractivity contribution in [1.82, 2.24) is 16.0 Å².